The van der Waals surface area contributed by atoms with Gasteiger partial charge in [0.1, 0.15) is 24.2 Å². The summed E-state index contributed by atoms with van der Waals surface area (Å²) in [5.74, 6) is -2.67. The second-order valence-corrected chi connectivity index (χ2v) is 13.0. The number of aliphatic imine (C=N–C) groups is 1. The van der Waals surface area contributed by atoms with Gasteiger partial charge in [-0.2, -0.15) is 0 Å². The van der Waals surface area contributed by atoms with Crippen LogP contribution in [0, 0.1) is 0 Å². The molecule has 2 aromatic carbocycles. The molecule has 0 radical (unpaired) electrons. The van der Waals surface area contributed by atoms with Crippen molar-refractivity contribution in [3.8, 4) is 0 Å². The van der Waals surface area contributed by atoms with Crippen LogP contribution in [0.15, 0.2) is 78.3 Å². The second kappa shape index (κ2) is 18.9. The second-order valence-electron chi connectivity index (χ2n) is 13.0. The minimum absolute atomic E-state index is 0.0943. The summed E-state index contributed by atoms with van der Waals surface area (Å²) in [6.45, 7) is 0.449. The van der Waals surface area contributed by atoms with E-state index in [-0.39, 0.29) is 57.1 Å². The fourth-order valence-corrected chi connectivity index (χ4v) is 6.22. The van der Waals surface area contributed by atoms with Crippen molar-refractivity contribution < 1.29 is 24.0 Å². The van der Waals surface area contributed by atoms with Gasteiger partial charge < -0.3 is 48.0 Å². The van der Waals surface area contributed by atoms with Crippen molar-refractivity contribution in [3.05, 3.63) is 90.1 Å². The molecular formula is C37H47N11O5. The van der Waals surface area contributed by atoms with E-state index in [1.165, 1.54) is 6.33 Å². The Kier molecular flexibility index (Phi) is 13.6. The van der Waals surface area contributed by atoms with E-state index < -0.39 is 47.8 Å². The van der Waals surface area contributed by atoms with Gasteiger partial charge in [0.15, 0.2) is 5.96 Å². The van der Waals surface area contributed by atoms with Crippen LogP contribution < -0.4 is 38.1 Å². The third-order valence-corrected chi connectivity index (χ3v) is 8.99. The van der Waals surface area contributed by atoms with Crippen molar-refractivity contribution in [1.82, 2.24) is 41.5 Å². The first-order valence-corrected chi connectivity index (χ1v) is 17.8. The number of carbonyl (C=O) groups is 5. The zero-order valence-electron chi connectivity index (χ0n) is 29.4. The van der Waals surface area contributed by atoms with Gasteiger partial charge in [-0.05, 0) is 42.9 Å². The highest BCUT2D eigenvalue weighted by atomic mass is 16.2. The average molecular weight is 726 g/mol. The van der Waals surface area contributed by atoms with Crippen LogP contribution >= 0.6 is 0 Å². The number of nitrogens with two attached hydrogens (primary N) is 2. The van der Waals surface area contributed by atoms with Gasteiger partial charge in [0, 0.05) is 67.8 Å². The number of aromatic amines is 2. The topological polar surface area (TPSA) is 254 Å². The smallest absolute Gasteiger partial charge is 0.243 e. The SMILES string of the molecule is NC(N)=NCCCC1NC(=O)[C@@H](Cc2ccccc2)NC(=O)C(Cc2cnc[nH]2)NC(=O)CCCCNC(=O)C(Cc2c[nH]c3ccccc23)NC1=O. The molecule has 5 rings (SSSR count). The number of benzene rings is 2. The molecule has 0 bridgehead atoms. The predicted molar refractivity (Wildman–Crippen MR) is 199 cm³/mol. The van der Waals surface area contributed by atoms with E-state index in [4.69, 9.17) is 11.5 Å². The first-order chi connectivity index (χ1) is 25.7. The highest BCUT2D eigenvalue weighted by Gasteiger charge is 2.32. The van der Waals surface area contributed by atoms with Crippen LogP contribution in [0.2, 0.25) is 0 Å². The van der Waals surface area contributed by atoms with Gasteiger partial charge in [-0.1, -0.05) is 48.5 Å². The maximum Gasteiger partial charge on any atom is 0.243 e. The molecule has 3 unspecified atom stereocenters. The van der Waals surface area contributed by atoms with Crippen molar-refractivity contribution in [1.29, 1.82) is 0 Å². The molecule has 0 saturated carbocycles. The van der Waals surface area contributed by atoms with Crippen molar-refractivity contribution in [2.24, 2.45) is 16.5 Å². The Labute approximate surface area is 306 Å². The van der Waals surface area contributed by atoms with Crippen LogP contribution in [0.25, 0.3) is 10.9 Å². The lowest BCUT2D eigenvalue weighted by atomic mass is 10.0. The Morgan fingerprint density at radius 2 is 1.42 bits per heavy atom. The number of para-hydroxylation sites is 1. The highest BCUT2D eigenvalue weighted by Crippen LogP contribution is 2.19. The molecular weight excluding hydrogens is 678 g/mol. The van der Waals surface area contributed by atoms with E-state index in [9.17, 15) is 24.0 Å². The summed E-state index contributed by atoms with van der Waals surface area (Å²) in [7, 11) is 0. The molecule has 1 aliphatic heterocycles. The van der Waals surface area contributed by atoms with Gasteiger partial charge in [0.25, 0.3) is 0 Å². The number of H-pyrrole nitrogens is 2. The molecule has 1 fully saturated rings. The first-order valence-electron chi connectivity index (χ1n) is 17.8. The summed E-state index contributed by atoms with van der Waals surface area (Å²) in [6.07, 6.45) is 6.66. The third-order valence-electron chi connectivity index (χ3n) is 8.99. The molecule has 4 aromatic rings. The lowest BCUT2D eigenvalue weighted by molar-refractivity contribution is -0.134. The van der Waals surface area contributed by atoms with Crippen LogP contribution in [0.4, 0.5) is 0 Å². The van der Waals surface area contributed by atoms with Gasteiger partial charge in [-0.25, -0.2) is 4.98 Å². The van der Waals surface area contributed by atoms with Gasteiger partial charge >= 0.3 is 0 Å². The van der Waals surface area contributed by atoms with E-state index in [2.05, 4.69) is 46.5 Å². The number of guanidine groups is 1. The van der Waals surface area contributed by atoms with Crippen molar-refractivity contribution in [2.45, 2.75) is 75.5 Å². The number of carbonyl (C=O) groups excluding carboxylic acids is 5. The van der Waals surface area contributed by atoms with Crippen LogP contribution in [-0.2, 0) is 43.2 Å². The van der Waals surface area contributed by atoms with Gasteiger partial charge in [0.05, 0.1) is 6.33 Å². The predicted octanol–water partition coefficient (Wildman–Crippen LogP) is 0.212. The minimum atomic E-state index is -1.14. The molecule has 280 valence electrons. The van der Waals surface area contributed by atoms with Gasteiger partial charge in [-0.15, -0.1) is 0 Å². The molecule has 3 heterocycles. The van der Waals surface area contributed by atoms with Gasteiger partial charge in [0.2, 0.25) is 29.5 Å². The summed E-state index contributed by atoms with van der Waals surface area (Å²) < 4.78 is 0. The lowest BCUT2D eigenvalue weighted by Crippen LogP contribution is -2.59. The Morgan fingerprint density at radius 1 is 0.736 bits per heavy atom. The number of aromatic nitrogens is 3. The summed E-state index contributed by atoms with van der Waals surface area (Å²) in [5.41, 5.74) is 14.1. The number of fused-ring (bicyclic) bond motifs is 1. The van der Waals surface area contributed by atoms with Crippen LogP contribution in [0.1, 0.15) is 48.9 Å². The quantitative estimate of drug-likeness (QED) is 0.0619. The number of hydrogen-bond donors (Lipinski definition) is 9. The molecule has 0 spiro atoms. The molecule has 11 N–H and O–H groups in total. The monoisotopic (exact) mass is 725 g/mol. The molecule has 4 atom stereocenters. The van der Waals surface area contributed by atoms with E-state index in [0.717, 1.165) is 22.0 Å². The Bertz CT molecular complexity index is 1870. The first kappa shape index (κ1) is 38.1. The summed E-state index contributed by atoms with van der Waals surface area (Å²) in [4.78, 5) is 83.0. The van der Waals surface area contributed by atoms with Crippen molar-refractivity contribution >= 4 is 46.4 Å². The molecule has 16 nitrogen and oxygen atoms in total. The average Bonchev–Trinajstić information content (AvgIpc) is 3.81. The summed E-state index contributed by atoms with van der Waals surface area (Å²) >= 11 is 0. The molecule has 1 saturated heterocycles. The van der Waals surface area contributed by atoms with E-state index >= 15 is 0 Å². The van der Waals surface area contributed by atoms with Crippen LogP contribution in [-0.4, -0.2) is 87.7 Å². The lowest BCUT2D eigenvalue weighted by Gasteiger charge is -2.27. The highest BCUT2D eigenvalue weighted by molar-refractivity contribution is 5.96. The molecule has 1 aliphatic rings. The molecule has 5 amide bonds. The maximum absolute atomic E-state index is 14.1. The summed E-state index contributed by atoms with van der Waals surface area (Å²) in [6, 6.07) is 12.5. The Balaban J connectivity index is 1.45. The number of hydrogen-bond acceptors (Lipinski definition) is 7. The normalized spacial score (nSPS) is 20.9. The minimum Gasteiger partial charge on any atom is -0.370 e. The van der Waals surface area contributed by atoms with Crippen molar-refractivity contribution in [3.63, 3.8) is 0 Å². The number of amides is 5. The standard InChI is InChI=1S/C37H47N11O5/c38-37(39)42-16-8-13-28-34(51)48-30(18-24-20-43-27-12-5-4-11-26(24)27)33(50)41-15-7-6-14-32(49)45-31(19-25-21-40-22-44-25)36(53)47-29(35(52)46-28)17-23-9-2-1-3-10-23/h1-5,9-12,20-22,28-31,43H,6-8,13-19H2,(H,40,44)(H,41,50)(H,45,49)(H,46,52)(H,47,53)(H,48,51)(H4,38,39,42)/t28?,29-,30?,31?/m1/s1. The molecule has 53 heavy (non-hydrogen) atoms. The van der Waals surface area contributed by atoms with Crippen LogP contribution in [0.3, 0.4) is 0 Å². The zero-order chi connectivity index (χ0) is 37.6. The van der Waals surface area contributed by atoms with Crippen molar-refractivity contribution in [2.75, 3.05) is 13.1 Å². The number of imidazole rings is 1. The summed E-state index contributed by atoms with van der Waals surface area (Å²) in [5, 5.41) is 15.1. The molecule has 16 heteroatoms. The fraction of sp³-hybridized carbons (Fsp3) is 0.378. The van der Waals surface area contributed by atoms with E-state index in [1.807, 2.05) is 54.6 Å². The Morgan fingerprint density at radius 3 is 2.15 bits per heavy atom. The van der Waals surface area contributed by atoms with Gasteiger partial charge in [-0.3, -0.25) is 29.0 Å². The molecule has 2 aromatic heterocycles. The van der Waals surface area contributed by atoms with E-state index in [0.29, 0.717) is 25.0 Å². The fourth-order valence-electron chi connectivity index (χ4n) is 6.22. The van der Waals surface area contributed by atoms with E-state index in [1.54, 1.807) is 12.4 Å². The maximum atomic E-state index is 14.1. The zero-order valence-corrected chi connectivity index (χ0v) is 29.4. The number of nitrogens with zero attached hydrogens (tertiary/aromatic N) is 2. The molecule has 0 aliphatic carbocycles. The van der Waals surface area contributed by atoms with Crippen LogP contribution in [0.5, 0.6) is 0 Å². The number of nitrogens with one attached hydrogen (secondary N) is 7. The third kappa shape index (κ3) is 11.4. The number of rotatable bonds is 10. The Hall–Kier alpha value is -6.19. The largest absolute Gasteiger partial charge is 0.370 e.